The molecule has 5 heteroatoms. The van der Waals surface area contributed by atoms with Gasteiger partial charge in [-0.2, -0.15) is 0 Å². The topological polar surface area (TPSA) is 29.3 Å². The van der Waals surface area contributed by atoms with Gasteiger partial charge in [-0.3, -0.25) is 4.90 Å². The van der Waals surface area contributed by atoms with Gasteiger partial charge in [-0.1, -0.05) is 11.6 Å². The lowest BCUT2D eigenvalue weighted by Crippen LogP contribution is -2.43. The van der Waals surface area contributed by atoms with Crippen molar-refractivity contribution in [1.29, 1.82) is 0 Å². The van der Waals surface area contributed by atoms with E-state index in [-0.39, 0.29) is 5.54 Å². The Morgan fingerprint density at radius 1 is 1.65 bits per heavy atom. The highest BCUT2D eigenvalue weighted by atomic mass is 79.9. The Morgan fingerprint density at radius 3 is 2.76 bits per heavy atom. The molecule has 0 amide bonds. The lowest BCUT2D eigenvalue weighted by Gasteiger charge is -2.37. The minimum Gasteiger partial charge on any atom is -0.329 e. The van der Waals surface area contributed by atoms with E-state index in [1.165, 1.54) is 17.7 Å². The van der Waals surface area contributed by atoms with Crippen molar-refractivity contribution in [2.24, 2.45) is 5.73 Å². The Labute approximate surface area is 120 Å². The van der Waals surface area contributed by atoms with Gasteiger partial charge in [-0.05, 0) is 55.2 Å². The van der Waals surface area contributed by atoms with Gasteiger partial charge < -0.3 is 5.73 Å². The third-order valence-corrected chi connectivity index (χ3v) is 6.13. The van der Waals surface area contributed by atoms with Gasteiger partial charge in [0.05, 0.1) is 6.04 Å². The SMILES string of the molecule is CC1(C)CCCN1C(CN)c1cc(Br)c(Cl)s1. The molecule has 1 aliphatic heterocycles. The van der Waals surface area contributed by atoms with Crippen molar-refractivity contribution in [2.45, 2.75) is 38.3 Å². The molecule has 0 bridgehead atoms. The van der Waals surface area contributed by atoms with Crippen LogP contribution in [0.5, 0.6) is 0 Å². The minimum absolute atomic E-state index is 0.243. The van der Waals surface area contributed by atoms with Crippen molar-refractivity contribution in [3.63, 3.8) is 0 Å². The molecule has 1 aromatic rings. The molecule has 96 valence electrons. The summed E-state index contributed by atoms with van der Waals surface area (Å²) in [6.45, 7) is 6.37. The first kappa shape index (κ1) is 13.8. The smallest absolute Gasteiger partial charge is 0.107 e. The second-order valence-electron chi connectivity index (χ2n) is 5.13. The lowest BCUT2D eigenvalue weighted by molar-refractivity contribution is 0.121. The summed E-state index contributed by atoms with van der Waals surface area (Å²) >= 11 is 11.2. The number of rotatable bonds is 3. The summed E-state index contributed by atoms with van der Waals surface area (Å²) in [6, 6.07) is 2.40. The standard InChI is InChI=1S/C12H18BrClN2S/c1-12(2)4-3-5-16(12)9(7-15)10-6-8(13)11(14)17-10/h6,9H,3-5,7,15H2,1-2H3. The number of thiophene rings is 1. The van der Waals surface area contributed by atoms with Crippen molar-refractivity contribution < 1.29 is 0 Å². The molecule has 2 N–H and O–H groups in total. The Balaban J connectivity index is 2.27. The van der Waals surface area contributed by atoms with Gasteiger partial charge in [-0.25, -0.2) is 0 Å². The van der Waals surface area contributed by atoms with Crippen LogP contribution in [-0.2, 0) is 0 Å². The summed E-state index contributed by atoms with van der Waals surface area (Å²) in [5, 5.41) is 0. The number of likely N-dealkylation sites (tertiary alicyclic amines) is 1. The first-order chi connectivity index (χ1) is 7.95. The predicted molar refractivity (Wildman–Crippen MR) is 78.8 cm³/mol. The number of nitrogens with two attached hydrogens (primary N) is 1. The predicted octanol–water partition coefficient (Wildman–Crippen LogP) is 4.04. The molecule has 2 heterocycles. The fourth-order valence-electron chi connectivity index (χ4n) is 2.63. The van der Waals surface area contributed by atoms with E-state index in [1.54, 1.807) is 11.3 Å². The van der Waals surface area contributed by atoms with Crippen molar-refractivity contribution in [2.75, 3.05) is 13.1 Å². The second kappa shape index (κ2) is 5.17. The van der Waals surface area contributed by atoms with E-state index in [0.717, 1.165) is 15.4 Å². The average molecular weight is 338 g/mol. The van der Waals surface area contributed by atoms with Crippen molar-refractivity contribution in [3.05, 3.63) is 19.8 Å². The number of hydrogen-bond donors (Lipinski definition) is 1. The molecule has 1 saturated heterocycles. The maximum Gasteiger partial charge on any atom is 0.107 e. The third-order valence-electron chi connectivity index (χ3n) is 3.56. The summed E-state index contributed by atoms with van der Waals surface area (Å²) in [4.78, 5) is 3.78. The number of nitrogens with zero attached hydrogens (tertiary/aromatic N) is 1. The Morgan fingerprint density at radius 2 is 2.35 bits per heavy atom. The normalized spacial score (nSPS) is 21.9. The average Bonchev–Trinajstić information content (AvgIpc) is 2.74. The van der Waals surface area contributed by atoms with Gasteiger partial charge in [0.25, 0.3) is 0 Å². The molecule has 1 atom stereocenters. The van der Waals surface area contributed by atoms with E-state index in [1.807, 2.05) is 0 Å². The Hall–Kier alpha value is 0.390. The molecule has 2 rings (SSSR count). The summed E-state index contributed by atoms with van der Waals surface area (Å²) < 4.78 is 1.80. The lowest BCUT2D eigenvalue weighted by atomic mass is 10.00. The number of halogens is 2. The first-order valence-corrected chi connectivity index (χ1v) is 7.86. The maximum absolute atomic E-state index is 6.12. The largest absolute Gasteiger partial charge is 0.329 e. The molecule has 0 saturated carbocycles. The van der Waals surface area contributed by atoms with E-state index in [2.05, 4.69) is 40.7 Å². The zero-order valence-electron chi connectivity index (χ0n) is 10.2. The van der Waals surface area contributed by atoms with Gasteiger partial charge in [0.15, 0.2) is 0 Å². The van der Waals surface area contributed by atoms with Crippen molar-refractivity contribution in [3.8, 4) is 0 Å². The van der Waals surface area contributed by atoms with Gasteiger partial charge in [0.1, 0.15) is 4.34 Å². The third kappa shape index (κ3) is 2.71. The molecule has 2 nitrogen and oxygen atoms in total. The van der Waals surface area contributed by atoms with Crippen LogP contribution in [-0.4, -0.2) is 23.5 Å². The first-order valence-electron chi connectivity index (χ1n) is 5.87. The highest BCUT2D eigenvalue weighted by molar-refractivity contribution is 9.10. The van der Waals surface area contributed by atoms with Gasteiger partial charge in [-0.15, -0.1) is 11.3 Å². The fraction of sp³-hybridized carbons (Fsp3) is 0.667. The van der Waals surface area contributed by atoms with Crippen LogP contribution in [0.25, 0.3) is 0 Å². The molecule has 0 aromatic carbocycles. The van der Waals surface area contributed by atoms with Crippen LogP contribution in [0.3, 0.4) is 0 Å². The Bertz CT molecular complexity index is 386. The quantitative estimate of drug-likeness (QED) is 0.902. The minimum atomic E-state index is 0.243. The highest BCUT2D eigenvalue weighted by Crippen LogP contribution is 2.41. The molecule has 0 radical (unpaired) electrons. The second-order valence-corrected chi connectivity index (χ2v) is 7.67. The van der Waals surface area contributed by atoms with E-state index >= 15 is 0 Å². The molecule has 1 aromatic heterocycles. The molecular formula is C12H18BrClN2S. The summed E-state index contributed by atoms with van der Waals surface area (Å²) in [5.74, 6) is 0. The van der Waals surface area contributed by atoms with Crippen LogP contribution < -0.4 is 5.73 Å². The molecule has 1 aliphatic rings. The van der Waals surface area contributed by atoms with Crippen LogP contribution in [0.15, 0.2) is 10.5 Å². The Kier molecular flexibility index (Phi) is 4.20. The molecule has 0 aliphatic carbocycles. The molecule has 17 heavy (non-hydrogen) atoms. The van der Waals surface area contributed by atoms with Crippen LogP contribution in [0.4, 0.5) is 0 Å². The van der Waals surface area contributed by atoms with Crippen LogP contribution >= 0.6 is 38.9 Å². The van der Waals surface area contributed by atoms with Crippen molar-refractivity contribution in [1.82, 2.24) is 4.90 Å². The van der Waals surface area contributed by atoms with Crippen LogP contribution in [0, 0.1) is 0 Å². The maximum atomic E-state index is 6.12. The van der Waals surface area contributed by atoms with E-state index < -0.39 is 0 Å². The summed E-state index contributed by atoms with van der Waals surface area (Å²) in [6.07, 6.45) is 2.49. The summed E-state index contributed by atoms with van der Waals surface area (Å²) in [7, 11) is 0. The molecule has 1 unspecified atom stereocenters. The highest BCUT2D eigenvalue weighted by Gasteiger charge is 2.37. The monoisotopic (exact) mass is 336 g/mol. The van der Waals surface area contributed by atoms with Crippen LogP contribution in [0.2, 0.25) is 4.34 Å². The molecule has 1 fully saturated rings. The zero-order chi connectivity index (χ0) is 12.6. The molecule has 0 spiro atoms. The summed E-state index contributed by atoms with van der Waals surface area (Å²) in [5.41, 5.74) is 6.21. The number of hydrogen-bond acceptors (Lipinski definition) is 3. The fourth-order valence-corrected chi connectivity index (χ4v) is 4.49. The van der Waals surface area contributed by atoms with Gasteiger partial charge in [0, 0.05) is 21.4 Å². The van der Waals surface area contributed by atoms with Gasteiger partial charge in [0.2, 0.25) is 0 Å². The molecular weight excluding hydrogens is 320 g/mol. The van der Waals surface area contributed by atoms with Gasteiger partial charge >= 0.3 is 0 Å². The zero-order valence-corrected chi connectivity index (χ0v) is 13.3. The van der Waals surface area contributed by atoms with E-state index in [9.17, 15) is 0 Å². The van der Waals surface area contributed by atoms with E-state index in [0.29, 0.717) is 12.6 Å². The van der Waals surface area contributed by atoms with Crippen molar-refractivity contribution >= 4 is 38.9 Å². The van der Waals surface area contributed by atoms with E-state index in [4.69, 9.17) is 17.3 Å². The van der Waals surface area contributed by atoms with Crippen LogP contribution in [0.1, 0.15) is 37.6 Å².